The molecule has 5 nitrogen and oxygen atoms in total. The Bertz CT molecular complexity index is 457. The van der Waals surface area contributed by atoms with E-state index in [0.29, 0.717) is 13.1 Å². The van der Waals surface area contributed by atoms with E-state index in [9.17, 15) is 4.79 Å². The summed E-state index contributed by atoms with van der Waals surface area (Å²) in [6.45, 7) is 7.64. The first-order chi connectivity index (χ1) is 10.8. The van der Waals surface area contributed by atoms with E-state index in [1.807, 2.05) is 26.8 Å². The van der Waals surface area contributed by atoms with Crippen molar-refractivity contribution in [1.82, 2.24) is 10.2 Å². The van der Waals surface area contributed by atoms with Crippen LogP contribution in [0.1, 0.15) is 32.8 Å². The summed E-state index contributed by atoms with van der Waals surface area (Å²) in [5, 5.41) is 2.79. The number of carbonyl (C=O) groups excluding carboxylic acids is 1. The fourth-order valence-corrected chi connectivity index (χ4v) is 2.31. The molecule has 23 heavy (non-hydrogen) atoms. The average molecular weight is 321 g/mol. The van der Waals surface area contributed by atoms with E-state index in [1.54, 1.807) is 0 Å². The lowest BCUT2D eigenvalue weighted by atomic mass is 10.1. The minimum Gasteiger partial charge on any atom is -0.444 e. The van der Waals surface area contributed by atoms with Crippen molar-refractivity contribution in [1.29, 1.82) is 0 Å². The summed E-state index contributed by atoms with van der Waals surface area (Å²) < 4.78 is 5.22. The van der Waals surface area contributed by atoms with Crippen molar-refractivity contribution in [2.75, 3.05) is 26.7 Å². The standard InChI is InChI=1S/C18H31N3O2/c1-18(2,3)23-17(22)20-12-10-16(14-19)21(4)13-11-15-8-6-5-7-9-15/h5-9,16H,10-14,19H2,1-4H3,(H,20,22). The zero-order valence-electron chi connectivity index (χ0n) is 14.8. The number of hydrogen-bond donors (Lipinski definition) is 2. The maximum atomic E-state index is 11.6. The van der Waals surface area contributed by atoms with Gasteiger partial charge in [0.25, 0.3) is 0 Å². The minimum absolute atomic E-state index is 0.244. The number of nitrogens with one attached hydrogen (secondary N) is 1. The van der Waals surface area contributed by atoms with Crippen LogP contribution >= 0.6 is 0 Å². The van der Waals surface area contributed by atoms with Gasteiger partial charge in [-0.1, -0.05) is 30.3 Å². The molecule has 0 saturated heterocycles. The summed E-state index contributed by atoms with van der Waals surface area (Å²) in [5.41, 5.74) is 6.73. The normalized spacial score (nSPS) is 13.0. The summed E-state index contributed by atoms with van der Waals surface area (Å²) in [6.07, 6.45) is 1.43. The number of nitrogens with two attached hydrogens (primary N) is 1. The van der Waals surface area contributed by atoms with Crippen LogP contribution in [0.15, 0.2) is 30.3 Å². The van der Waals surface area contributed by atoms with Gasteiger partial charge in [0.15, 0.2) is 0 Å². The van der Waals surface area contributed by atoms with Gasteiger partial charge in [-0.25, -0.2) is 4.79 Å². The Balaban J connectivity index is 2.31. The molecule has 0 bridgehead atoms. The number of carbonyl (C=O) groups is 1. The van der Waals surface area contributed by atoms with E-state index < -0.39 is 5.60 Å². The number of amides is 1. The quantitative estimate of drug-likeness (QED) is 0.771. The van der Waals surface area contributed by atoms with Crippen LogP contribution in [0.25, 0.3) is 0 Å². The molecular weight excluding hydrogens is 290 g/mol. The molecule has 0 aromatic heterocycles. The molecule has 0 aliphatic heterocycles. The first-order valence-corrected chi connectivity index (χ1v) is 8.23. The molecule has 0 fully saturated rings. The molecule has 0 aliphatic carbocycles. The van der Waals surface area contributed by atoms with E-state index in [0.717, 1.165) is 19.4 Å². The third kappa shape index (κ3) is 8.57. The maximum absolute atomic E-state index is 11.6. The van der Waals surface area contributed by atoms with Gasteiger partial charge in [0.05, 0.1) is 0 Å². The van der Waals surface area contributed by atoms with E-state index in [4.69, 9.17) is 10.5 Å². The molecule has 0 radical (unpaired) electrons. The van der Waals surface area contributed by atoms with Crippen molar-refractivity contribution in [3.8, 4) is 0 Å². The monoisotopic (exact) mass is 321 g/mol. The van der Waals surface area contributed by atoms with Crippen molar-refractivity contribution < 1.29 is 9.53 Å². The molecule has 130 valence electrons. The van der Waals surface area contributed by atoms with Gasteiger partial charge < -0.3 is 20.7 Å². The second-order valence-corrected chi connectivity index (χ2v) is 6.82. The van der Waals surface area contributed by atoms with Crippen molar-refractivity contribution in [2.24, 2.45) is 5.73 Å². The maximum Gasteiger partial charge on any atom is 0.407 e. The van der Waals surface area contributed by atoms with Crippen LogP contribution in [0.4, 0.5) is 4.79 Å². The highest BCUT2D eigenvalue weighted by Gasteiger charge is 2.17. The van der Waals surface area contributed by atoms with E-state index in [2.05, 4.69) is 41.5 Å². The van der Waals surface area contributed by atoms with E-state index in [-0.39, 0.29) is 12.1 Å². The number of benzene rings is 1. The molecule has 0 spiro atoms. The highest BCUT2D eigenvalue weighted by atomic mass is 16.6. The van der Waals surface area contributed by atoms with Gasteiger partial charge >= 0.3 is 6.09 Å². The Kier molecular flexibility index (Phi) is 8.06. The predicted octanol–water partition coefficient (Wildman–Crippen LogP) is 2.40. The summed E-state index contributed by atoms with van der Waals surface area (Å²) in [6, 6.07) is 10.7. The lowest BCUT2D eigenvalue weighted by Crippen LogP contribution is -2.42. The molecule has 1 amide bonds. The predicted molar refractivity (Wildman–Crippen MR) is 94.5 cm³/mol. The molecule has 5 heteroatoms. The van der Waals surface area contributed by atoms with Crippen LogP contribution in [0, 0.1) is 0 Å². The SMILES string of the molecule is CN(CCc1ccccc1)C(CN)CCNC(=O)OC(C)(C)C. The average Bonchev–Trinajstić information content (AvgIpc) is 2.48. The summed E-state index contributed by atoms with van der Waals surface area (Å²) in [4.78, 5) is 13.9. The summed E-state index contributed by atoms with van der Waals surface area (Å²) in [7, 11) is 2.08. The second kappa shape index (κ2) is 9.53. The highest BCUT2D eigenvalue weighted by molar-refractivity contribution is 5.67. The number of nitrogens with zero attached hydrogens (tertiary/aromatic N) is 1. The minimum atomic E-state index is -0.468. The highest BCUT2D eigenvalue weighted by Crippen LogP contribution is 2.07. The smallest absolute Gasteiger partial charge is 0.407 e. The van der Waals surface area contributed by atoms with Crippen LogP contribution in [0.3, 0.4) is 0 Å². The zero-order valence-corrected chi connectivity index (χ0v) is 14.8. The molecule has 1 aromatic carbocycles. The van der Waals surface area contributed by atoms with Crippen molar-refractivity contribution in [2.45, 2.75) is 45.3 Å². The Labute approximate surface area is 140 Å². The Hall–Kier alpha value is -1.59. The topological polar surface area (TPSA) is 67.6 Å². The number of rotatable bonds is 8. The van der Waals surface area contributed by atoms with E-state index in [1.165, 1.54) is 5.56 Å². The Morgan fingerprint density at radius 3 is 2.52 bits per heavy atom. The zero-order chi connectivity index (χ0) is 17.3. The van der Waals surface area contributed by atoms with Crippen molar-refractivity contribution in [3.05, 3.63) is 35.9 Å². The number of hydrogen-bond acceptors (Lipinski definition) is 4. The molecule has 1 aromatic rings. The summed E-state index contributed by atoms with van der Waals surface area (Å²) >= 11 is 0. The second-order valence-electron chi connectivity index (χ2n) is 6.82. The van der Waals surface area contributed by atoms with Crippen LogP contribution in [-0.4, -0.2) is 49.3 Å². The fraction of sp³-hybridized carbons (Fsp3) is 0.611. The van der Waals surface area contributed by atoms with Crippen molar-refractivity contribution in [3.63, 3.8) is 0 Å². The van der Waals surface area contributed by atoms with Gasteiger partial charge in [0, 0.05) is 25.7 Å². The molecule has 0 aliphatic rings. The molecule has 3 N–H and O–H groups in total. The van der Waals surface area contributed by atoms with Crippen LogP contribution < -0.4 is 11.1 Å². The molecule has 1 atom stereocenters. The lowest BCUT2D eigenvalue weighted by molar-refractivity contribution is 0.0523. The van der Waals surface area contributed by atoms with E-state index >= 15 is 0 Å². The Morgan fingerprint density at radius 1 is 1.30 bits per heavy atom. The first kappa shape index (κ1) is 19.5. The first-order valence-electron chi connectivity index (χ1n) is 8.23. The van der Waals surface area contributed by atoms with Gasteiger partial charge in [0.2, 0.25) is 0 Å². The van der Waals surface area contributed by atoms with Gasteiger partial charge in [-0.05, 0) is 46.2 Å². The van der Waals surface area contributed by atoms with Crippen LogP contribution in [0.5, 0.6) is 0 Å². The van der Waals surface area contributed by atoms with Crippen molar-refractivity contribution >= 4 is 6.09 Å². The molecule has 0 saturated carbocycles. The van der Waals surface area contributed by atoms with Gasteiger partial charge in [-0.2, -0.15) is 0 Å². The molecule has 1 unspecified atom stereocenters. The van der Waals surface area contributed by atoms with Gasteiger partial charge in [0.1, 0.15) is 5.60 Å². The third-order valence-electron chi connectivity index (χ3n) is 3.64. The molecule has 0 heterocycles. The largest absolute Gasteiger partial charge is 0.444 e. The number of ether oxygens (including phenoxy) is 1. The van der Waals surface area contributed by atoms with Gasteiger partial charge in [-0.15, -0.1) is 0 Å². The number of alkyl carbamates (subject to hydrolysis) is 1. The van der Waals surface area contributed by atoms with Crippen LogP contribution in [0.2, 0.25) is 0 Å². The number of likely N-dealkylation sites (N-methyl/N-ethyl adjacent to an activating group) is 1. The van der Waals surface area contributed by atoms with Crippen LogP contribution in [-0.2, 0) is 11.2 Å². The fourth-order valence-electron chi connectivity index (χ4n) is 2.31. The molecular formula is C18H31N3O2. The Morgan fingerprint density at radius 2 is 1.96 bits per heavy atom. The lowest BCUT2D eigenvalue weighted by Gasteiger charge is -2.27. The van der Waals surface area contributed by atoms with Gasteiger partial charge in [-0.3, -0.25) is 0 Å². The third-order valence-corrected chi connectivity index (χ3v) is 3.64. The summed E-state index contributed by atoms with van der Waals surface area (Å²) in [5.74, 6) is 0. The molecule has 1 rings (SSSR count).